The lowest BCUT2D eigenvalue weighted by molar-refractivity contribution is 0.0955. The van der Waals surface area contributed by atoms with Crippen LogP contribution < -0.4 is 10.3 Å². The molecule has 1 N–H and O–H groups in total. The second-order valence-electron chi connectivity index (χ2n) is 5.09. The van der Waals surface area contributed by atoms with E-state index in [1.165, 1.54) is 12.1 Å². The number of benzene rings is 2. The monoisotopic (exact) mass is 299 g/mol. The Bertz CT molecular complexity index is 676. The van der Waals surface area contributed by atoms with Gasteiger partial charge in [0.15, 0.2) is 0 Å². The van der Waals surface area contributed by atoms with Crippen molar-refractivity contribution in [2.75, 3.05) is 19.0 Å². The first-order chi connectivity index (χ1) is 10.5. The molecular weight excluding hydrogens is 281 g/mol. The van der Waals surface area contributed by atoms with Crippen LogP contribution in [0.3, 0.4) is 0 Å². The summed E-state index contributed by atoms with van der Waals surface area (Å²) in [6.07, 6.45) is 0. The van der Waals surface area contributed by atoms with Crippen LogP contribution in [-0.4, -0.2) is 25.7 Å². The molecule has 0 unspecified atom stereocenters. The van der Waals surface area contributed by atoms with Crippen LogP contribution in [0.1, 0.15) is 22.8 Å². The van der Waals surface area contributed by atoms with Gasteiger partial charge in [-0.3, -0.25) is 4.79 Å². The van der Waals surface area contributed by atoms with Crippen molar-refractivity contribution in [1.82, 2.24) is 5.43 Å². The van der Waals surface area contributed by atoms with E-state index in [2.05, 4.69) is 10.5 Å². The molecule has 2 aromatic rings. The summed E-state index contributed by atoms with van der Waals surface area (Å²) in [5, 5.41) is 4.04. The summed E-state index contributed by atoms with van der Waals surface area (Å²) in [4.78, 5) is 14.0. The van der Waals surface area contributed by atoms with E-state index in [1.54, 1.807) is 31.2 Å². The van der Waals surface area contributed by atoms with E-state index in [1.807, 2.05) is 31.1 Å². The third-order valence-electron chi connectivity index (χ3n) is 3.23. The molecule has 1 amide bonds. The van der Waals surface area contributed by atoms with Gasteiger partial charge in [-0.25, -0.2) is 9.82 Å². The molecule has 0 aliphatic rings. The van der Waals surface area contributed by atoms with Crippen molar-refractivity contribution in [2.24, 2.45) is 5.10 Å². The second-order valence-corrected chi connectivity index (χ2v) is 5.09. The molecule has 2 rings (SSSR count). The number of nitrogens with zero attached hydrogens (tertiary/aromatic N) is 2. The van der Waals surface area contributed by atoms with Gasteiger partial charge in [-0.15, -0.1) is 0 Å². The molecule has 2 aromatic carbocycles. The van der Waals surface area contributed by atoms with Gasteiger partial charge in [-0.1, -0.05) is 12.1 Å². The van der Waals surface area contributed by atoms with Crippen molar-refractivity contribution < 1.29 is 9.18 Å². The maximum absolute atomic E-state index is 12.9. The summed E-state index contributed by atoms with van der Waals surface area (Å²) in [6.45, 7) is 1.75. The summed E-state index contributed by atoms with van der Waals surface area (Å²) in [5.41, 5.74) is 5.41. The molecule has 0 saturated heterocycles. The van der Waals surface area contributed by atoms with Crippen LogP contribution in [-0.2, 0) is 0 Å². The van der Waals surface area contributed by atoms with Crippen LogP contribution in [0.2, 0.25) is 0 Å². The zero-order valence-corrected chi connectivity index (χ0v) is 12.8. The summed E-state index contributed by atoms with van der Waals surface area (Å²) < 4.78 is 12.9. The largest absolute Gasteiger partial charge is 0.378 e. The average Bonchev–Trinajstić information content (AvgIpc) is 2.53. The van der Waals surface area contributed by atoms with Crippen molar-refractivity contribution >= 4 is 17.3 Å². The number of nitrogens with one attached hydrogen (secondary N) is 1. The highest BCUT2D eigenvalue weighted by atomic mass is 19.1. The average molecular weight is 299 g/mol. The van der Waals surface area contributed by atoms with E-state index in [9.17, 15) is 9.18 Å². The third kappa shape index (κ3) is 3.91. The van der Waals surface area contributed by atoms with Gasteiger partial charge >= 0.3 is 0 Å². The number of hydrazone groups is 1. The Morgan fingerprint density at radius 3 is 2.09 bits per heavy atom. The number of carbonyl (C=O) groups is 1. The number of hydrogen-bond donors (Lipinski definition) is 1. The summed E-state index contributed by atoms with van der Waals surface area (Å²) >= 11 is 0. The minimum absolute atomic E-state index is 0.285. The molecule has 114 valence electrons. The maximum atomic E-state index is 12.9. The minimum atomic E-state index is -0.304. The molecule has 0 fully saturated rings. The fourth-order valence-corrected chi connectivity index (χ4v) is 1.87. The Morgan fingerprint density at radius 1 is 1.00 bits per heavy atom. The molecule has 22 heavy (non-hydrogen) atoms. The highest BCUT2D eigenvalue weighted by Gasteiger charge is 2.05. The van der Waals surface area contributed by atoms with Gasteiger partial charge in [0, 0.05) is 25.3 Å². The number of amides is 1. The summed E-state index contributed by atoms with van der Waals surface area (Å²) in [7, 11) is 3.87. The zero-order chi connectivity index (χ0) is 16.1. The molecule has 0 saturated carbocycles. The quantitative estimate of drug-likeness (QED) is 0.696. The van der Waals surface area contributed by atoms with Crippen LogP contribution in [0, 0.1) is 5.82 Å². The maximum Gasteiger partial charge on any atom is 0.271 e. The molecule has 0 atom stereocenters. The lowest BCUT2D eigenvalue weighted by Crippen LogP contribution is -2.19. The molecule has 5 heteroatoms. The van der Waals surface area contributed by atoms with Crippen molar-refractivity contribution in [3.63, 3.8) is 0 Å². The lowest BCUT2D eigenvalue weighted by Gasteiger charge is -2.12. The number of hydrogen-bond acceptors (Lipinski definition) is 3. The molecule has 0 heterocycles. The first-order valence-electron chi connectivity index (χ1n) is 6.85. The van der Waals surface area contributed by atoms with Crippen molar-refractivity contribution in [3.8, 4) is 0 Å². The zero-order valence-electron chi connectivity index (χ0n) is 12.8. The Balaban J connectivity index is 2.05. The van der Waals surface area contributed by atoms with Gasteiger partial charge in [0.25, 0.3) is 5.91 Å². The Kier molecular flexibility index (Phi) is 4.88. The second kappa shape index (κ2) is 6.85. The predicted octanol–water partition coefficient (Wildman–Crippen LogP) is 3.05. The molecule has 4 nitrogen and oxygen atoms in total. The molecule has 0 aliphatic heterocycles. The third-order valence-corrected chi connectivity index (χ3v) is 3.23. The topological polar surface area (TPSA) is 44.7 Å². The smallest absolute Gasteiger partial charge is 0.271 e. The first kappa shape index (κ1) is 15.7. The van der Waals surface area contributed by atoms with Crippen molar-refractivity contribution in [3.05, 3.63) is 65.5 Å². The SMILES string of the molecule is CC(=NNC(=O)c1ccc(N(C)C)cc1)c1ccc(F)cc1. The van der Waals surface area contributed by atoms with Crippen LogP contribution in [0.5, 0.6) is 0 Å². The Labute approximate surface area is 129 Å². The fraction of sp³-hybridized carbons (Fsp3) is 0.176. The highest BCUT2D eigenvalue weighted by Crippen LogP contribution is 2.12. The minimum Gasteiger partial charge on any atom is -0.378 e. The number of halogens is 1. The highest BCUT2D eigenvalue weighted by molar-refractivity contribution is 6.00. The molecule has 0 radical (unpaired) electrons. The predicted molar refractivity (Wildman–Crippen MR) is 86.8 cm³/mol. The molecular formula is C17H18FN3O. The van der Waals surface area contributed by atoms with Crippen molar-refractivity contribution in [1.29, 1.82) is 0 Å². The standard InChI is InChI=1S/C17H18FN3O/c1-12(13-4-8-15(18)9-5-13)19-20-17(22)14-6-10-16(11-7-14)21(2)3/h4-11H,1-3H3,(H,20,22). The van der Waals surface area contributed by atoms with Crippen LogP contribution in [0.15, 0.2) is 53.6 Å². The normalized spacial score (nSPS) is 11.2. The van der Waals surface area contributed by atoms with E-state index in [4.69, 9.17) is 0 Å². The fourth-order valence-electron chi connectivity index (χ4n) is 1.87. The lowest BCUT2D eigenvalue weighted by atomic mass is 10.1. The van der Waals surface area contributed by atoms with Gasteiger partial charge in [0.2, 0.25) is 0 Å². The van der Waals surface area contributed by atoms with E-state index in [-0.39, 0.29) is 11.7 Å². The molecule has 0 bridgehead atoms. The van der Waals surface area contributed by atoms with E-state index in [0.29, 0.717) is 11.3 Å². The van der Waals surface area contributed by atoms with Gasteiger partial charge in [-0.05, 0) is 48.9 Å². The van der Waals surface area contributed by atoms with E-state index in [0.717, 1.165) is 11.3 Å². The van der Waals surface area contributed by atoms with Gasteiger partial charge in [0.05, 0.1) is 5.71 Å². The summed E-state index contributed by atoms with van der Waals surface area (Å²) in [5.74, 6) is -0.590. The summed E-state index contributed by atoms with van der Waals surface area (Å²) in [6, 6.07) is 13.2. The van der Waals surface area contributed by atoms with Gasteiger partial charge < -0.3 is 4.90 Å². The molecule has 0 aromatic heterocycles. The first-order valence-corrected chi connectivity index (χ1v) is 6.85. The molecule has 0 aliphatic carbocycles. The Morgan fingerprint density at radius 2 is 1.55 bits per heavy atom. The van der Waals surface area contributed by atoms with Crippen LogP contribution in [0.4, 0.5) is 10.1 Å². The van der Waals surface area contributed by atoms with Crippen molar-refractivity contribution in [2.45, 2.75) is 6.92 Å². The van der Waals surface area contributed by atoms with Crippen LogP contribution >= 0.6 is 0 Å². The molecule has 0 spiro atoms. The van der Waals surface area contributed by atoms with E-state index >= 15 is 0 Å². The van der Waals surface area contributed by atoms with E-state index < -0.39 is 0 Å². The number of rotatable bonds is 4. The van der Waals surface area contributed by atoms with Crippen LogP contribution in [0.25, 0.3) is 0 Å². The number of anilines is 1. The Hall–Kier alpha value is -2.69. The number of carbonyl (C=O) groups excluding carboxylic acids is 1. The van der Waals surface area contributed by atoms with Gasteiger partial charge in [0.1, 0.15) is 5.82 Å². The van der Waals surface area contributed by atoms with Gasteiger partial charge in [-0.2, -0.15) is 5.10 Å².